The summed E-state index contributed by atoms with van der Waals surface area (Å²) in [7, 11) is -4.16. The molecule has 6 heteroatoms. The largest absolute Gasteiger partial charge is 0.411 e. The Hall–Kier alpha value is -0.976. The quantitative estimate of drug-likeness (QED) is 0.181. The van der Waals surface area contributed by atoms with Gasteiger partial charge in [0.1, 0.15) is 0 Å². The van der Waals surface area contributed by atoms with Crippen LogP contribution in [-0.2, 0) is 13.6 Å². The molecule has 0 aromatic carbocycles. The summed E-state index contributed by atoms with van der Waals surface area (Å²) in [5, 5.41) is 0.183. The number of rotatable bonds is 9. The van der Waals surface area contributed by atoms with Crippen LogP contribution in [0.1, 0.15) is 128 Å². The molecule has 0 bridgehead atoms. The first-order valence-corrected chi connectivity index (χ1v) is 24.2. The van der Waals surface area contributed by atoms with Crippen molar-refractivity contribution in [3.8, 4) is 0 Å². The molecule has 3 aliphatic carbocycles. The van der Waals surface area contributed by atoms with Crippen molar-refractivity contribution in [2.24, 2.45) is 22.7 Å². The third kappa shape index (κ3) is 9.38. The summed E-state index contributed by atoms with van der Waals surface area (Å²) in [6, 6.07) is 0. The minimum Gasteiger partial charge on any atom is -0.411 e. The van der Waals surface area contributed by atoms with Gasteiger partial charge in [0.05, 0.1) is 24.9 Å². The van der Waals surface area contributed by atoms with Crippen LogP contribution in [0.15, 0.2) is 35.1 Å². The molecular weight excluding hydrogens is 599 g/mol. The molecule has 0 saturated heterocycles. The molecule has 0 aliphatic heterocycles. The van der Waals surface area contributed by atoms with Gasteiger partial charge < -0.3 is 13.6 Å². The van der Waals surface area contributed by atoms with Crippen LogP contribution in [0.5, 0.6) is 0 Å². The van der Waals surface area contributed by atoms with Gasteiger partial charge in [0.25, 0.3) is 0 Å². The van der Waals surface area contributed by atoms with E-state index in [2.05, 4.69) is 119 Å². The van der Waals surface area contributed by atoms with Crippen molar-refractivity contribution >= 4 is 16.6 Å². The standard InChI is InChI=1S/C40H71NO3Si2/c1-29(42-25-24-37(2,3)4)33-21-22-34-31(18-17-23-40(33,34)11)20-19-30-26-35(43-45(13,14)38(5,6)7)32(28-41-12)36(27-30)44-46(15,16)39(8,9)10/h19-20,28-29,33-36H,17-18,21-27H2,1-11,13-16H3/b30-19?,31-20+,32-28?/t29-,33?,34?,35-,36-,40?/m1/s1. The molecular formula is C40H71NO3Si2. The summed E-state index contributed by atoms with van der Waals surface area (Å²) in [4.78, 5) is 3.80. The van der Waals surface area contributed by atoms with Gasteiger partial charge in [-0.1, -0.05) is 92.5 Å². The highest BCUT2D eigenvalue weighted by Gasteiger charge is 2.51. The van der Waals surface area contributed by atoms with Gasteiger partial charge in [-0.15, -0.1) is 0 Å². The van der Waals surface area contributed by atoms with Crippen LogP contribution >= 0.6 is 0 Å². The van der Waals surface area contributed by atoms with Crippen molar-refractivity contribution < 1.29 is 13.6 Å². The van der Waals surface area contributed by atoms with E-state index in [1.807, 2.05) is 0 Å². The van der Waals surface area contributed by atoms with Crippen molar-refractivity contribution in [2.75, 3.05) is 6.61 Å². The zero-order valence-electron chi connectivity index (χ0n) is 32.7. The van der Waals surface area contributed by atoms with Crippen LogP contribution in [0, 0.1) is 29.2 Å². The second-order valence-corrected chi connectivity index (χ2v) is 29.0. The normalized spacial score (nSPS) is 29.8. The maximum atomic E-state index is 7.82. The van der Waals surface area contributed by atoms with E-state index in [1.165, 1.54) is 37.7 Å². The van der Waals surface area contributed by atoms with Crippen molar-refractivity contribution in [3.05, 3.63) is 46.5 Å². The van der Waals surface area contributed by atoms with Gasteiger partial charge in [-0.2, -0.15) is 0 Å². The number of fused-ring (bicyclic) bond motifs is 1. The Morgan fingerprint density at radius 1 is 0.891 bits per heavy atom. The van der Waals surface area contributed by atoms with E-state index in [9.17, 15) is 0 Å². The first-order chi connectivity index (χ1) is 20.9. The van der Waals surface area contributed by atoms with Gasteiger partial charge in [-0.3, -0.25) is 0 Å². The van der Waals surface area contributed by atoms with Gasteiger partial charge in [0.2, 0.25) is 0 Å². The van der Waals surface area contributed by atoms with Crippen molar-refractivity contribution in [1.82, 2.24) is 0 Å². The SMILES string of the molecule is [C-]#[N+]C=C1[C@H](O[Si](C)(C)C(C)(C)C)CC(=C/C=C2\CCCC3(C)C2CCC3[C@@H](C)OCCC(C)(C)C)C[C@H]1O[Si](C)(C)C(C)(C)C. The monoisotopic (exact) mass is 669 g/mol. The fourth-order valence-corrected chi connectivity index (χ4v) is 10.2. The number of allylic oxidation sites excluding steroid dienone is 3. The molecule has 46 heavy (non-hydrogen) atoms. The van der Waals surface area contributed by atoms with Crippen LogP contribution in [0.2, 0.25) is 36.3 Å². The molecule has 0 aromatic rings. The van der Waals surface area contributed by atoms with Gasteiger partial charge in [0, 0.05) is 6.61 Å². The van der Waals surface area contributed by atoms with E-state index in [0.717, 1.165) is 31.4 Å². The first kappa shape index (κ1) is 39.5. The van der Waals surface area contributed by atoms with Crippen LogP contribution in [-0.4, -0.2) is 41.6 Å². The molecule has 3 aliphatic rings. The zero-order chi connectivity index (χ0) is 34.9. The van der Waals surface area contributed by atoms with Crippen molar-refractivity contribution in [1.29, 1.82) is 0 Å². The van der Waals surface area contributed by atoms with E-state index in [1.54, 1.807) is 11.8 Å². The Kier molecular flexibility index (Phi) is 12.4. The Morgan fingerprint density at radius 2 is 1.43 bits per heavy atom. The fraction of sp³-hybridized carbons (Fsp3) is 0.825. The topological polar surface area (TPSA) is 32.0 Å². The summed E-state index contributed by atoms with van der Waals surface area (Å²) in [6.07, 6.45) is 15.9. The third-order valence-corrected chi connectivity index (χ3v) is 21.7. The predicted molar refractivity (Wildman–Crippen MR) is 202 cm³/mol. The van der Waals surface area contributed by atoms with Gasteiger partial charge in [-0.25, -0.2) is 4.85 Å². The summed E-state index contributed by atoms with van der Waals surface area (Å²) in [5.74, 6) is 1.26. The van der Waals surface area contributed by atoms with Crippen LogP contribution in [0.25, 0.3) is 4.85 Å². The molecule has 0 spiro atoms. The minimum atomic E-state index is -2.08. The molecule has 3 saturated carbocycles. The molecule has 0 amide bonds. The second-order valence-electron chi connectivity index (χ2n) is 19.4. The molecule has 6 atom stereocenters. The van der Waals surface area contributed by atoms with E-state index in [0.29, 0.717) is 28.8 Å². The fourth-order valence-electron chi connectivity index (χ4n) is 7.61. The molecule has 3 rings (SSSR count). The highest BCUT2D eigenvalue weighted by Crippen LogP contribution is 2.59. The highest BCUT2D eigenvalue weighted by molar-refractivity contribution is 6.74. The van der Waals surface area contributed by atoms with Crippen LogP contribution in [0.3, 0.4) is 0 Å². The van der Waals surface area contributed by atoms with Gasteiger partial charge in [-0.05, 0) is 123 Å². The van der Waals surface area contributed by atoms with E-state index < -0.39 is 16.6 Å². The molecule has 4 nitrogen and oxygen atoms in total. The number of nitrogens with zero attached hydrogens (tertiary/aromatic N) is 1. The summed E-state index contributed by atoms with van der Waals surface area (Å²) in [6.45, 7) is 43.6. The van der Waals surface area contributed by atoms with Crippen molar-refractivity contribution in [3.63, 3.8) is 0 Å². The number of hydrogen-bond donors (Lipinski definition) is 0. The highest BCUT2D eigenvalue weighted by atomic mass is 28.4. The van der Waals surface area contributed by atoms with Crippen LogP contribution < -0.4 is 0 Å². The smallest absolute Gasteiger partial charge is 0.192 e. The summed E-state index contributed by atoms with van der Waals surface area (Å²) >= 11 is 0. The molecule has 3 unspecified atom stereocenters. The number of hydrogen-bond acceptors (Lipinski definition) is 3. The molecule has 262 valence electrons. The van der Waals surface area contributed by atoms with Crippen molar-refractivity contribution in [2.45, 2.75) is 182 Å². The van der Waals surface area contributed by atoms with Gasteiger partial charge in [0.15, 0.2) is 22.8 Å². The lowest BCUT2D eigenvalue weighted by Crippen LogP contribution is -2.50. The molecule has 0 heterocycles. The van der Waals surface area contributed by atoms with Crippen LogP contribution in [0.4, 0.5) is 0 Å². The van der Waals surface area contributed by atoms with Gasteiger partial charge >= 0.3 is 0 Å². The van der Waals surface area contributed by atoms with E-state index in [4.69, 9.17) is 20.2 Å². The summed E-state index contributed by atoms with van der Waals surface area (Å²) < 4.78 is 20.8. The summed E-state index contributed by atoms with van der Waals surface area (Å²) in [5.41, 5.74) is 4.72. The zero-order valence-corrected chi connectivity index (χ0v) is 34.7. The molecule has 0 aromatic heterocycles. The average Bonchev–Trinajstić information content (AvgIpc) is 3.24. The molecule has 3 fully saturated rings. The maximum absolute atomic E-state index is 7.82. The average molecular weight is 670 g/mol. The second kappa shape index (κ2) is 14.5. The lowest BCUT2D eigenvalue weighted by molar-refractivity contribution is -0.0318. The first-order valence-electron chi connectivity index (χ1n) is 18.3. The molecule has 0 radical (unpaired) electrons. The Bertz CT molecular complexity index is 1140. The van der Waals surface area contributed by atoms with E-state index >= 15 is 0 Å². The lowest BCUT2D eigenvalue weighted by atomic mass is 9.62. The van der Waals surface area contributed by atoms with E-state index in [-0.39, 0.29) is 22.3 Å². The number of ether oxygens (including phenoxy) is 1. The minimum absolute atomic E-state index is 0.0917. The Balaban J connectivity index is 1.92. The predicted octanol–water partition coefficient (Wildman–Crippen LogP) is 12.3. The maximum Gasteiger partial charge on any atom is 0.192 e. The molecule has 0 N–H and O–H groups in total. The Labute approximate surface area is 287 Å². The third-order valence-electron chi connectivity index (χ3n) is 12.7. The lowest BCUT2D eigenvalue weighted by Gasteiger charge is -2.46. The Morgan fingerprint density at radius 3 is 1.91 bits per heavy atom.